The first-order valence-corrected chi connectivity index (χ1v) is 9.60. The summed E-state index contributed by atoms with van der Waals surface area (Å²) in [5.41, 5.74) is 1.27. The Morgan fingerprint density at radius 3 is 2.50 bits per heavy atom. The molecule has 2 aromatic heterocycles. The third-order valence-electron chi connectivity index (χ3n) is 4.56. The van der Waals surface area contributed by atoms with Gasteiger partial charge in [0.1, 0.15) is 5.69 Å². The zero-order valence-corrected chi connectivity index (χ0v) is 16.4. The second kappa shape index (κ2) is 8.57. The molecule has 0 aliphatic heterocycles. The molecule has 0 radical (unpaired) electrons. The minimum Gasteiger partial charge on any atom is -0.476 e. The van der Waals surface area contributed by atoms with Crippen molar-refractivity contribution in [1.29, 1.82) is 0 Å². The van der Waals surface area contributed by atoms with Crippen molar-refractivity contribution in [2.24, 2.45) is 0 Å². The predicted molar refractivity (Wildman–Crippen MR) is 115 cm³/mol. The third kappa shape index (κ3) is 3.91. The molecule has 0 aliphatic carbocycles. The fourth-order valence-electron chi connectivity index (χ4n) is 3.19. The summed E-state index contributed by atoms with van der Waals surface area (Å²) in [5.74, 6) is -0.114. The molecule has 2 aromatic carbocycles. The van der Waals surface area contributed by atoms with Gasteiger partial charge in [-0.3, -0.25) is 9.59 Å². The molecule has 0 bridgehead atoms. The van der Waals surface area contributed by atoms with Crippen LogP contribution in [0.2, 0.25) is 0 Å². The van der Waals surface area contributed by atoms with Crippen LogP contribution < -0.4 is 15.6 Å². The highest BCUT2D eigenvalue weighted by Crippen LogP contribution is 2.22. The minimum atomic E-state index is -0.443. The highest BCUT2D eigenvalue weighted by Gasteiger charge is 2.18. The maximum Gasteiger partial charge on any atom is 0.276 e. The summed E-state index contributed by atoms with van der Waals surface area (Å²) < 4.78 is 6.80. The van der Waals surface area contributed by atoms with Gasteiger partial charge in [-0.25, -0.2) is 9.67 Å². The van der Waals surface area contributed by atoms with Gasteiger partial charge in [0, 0.05) is 11.6 Å². The number of benzene rings is 2. The van der Waals surface area contributed by atoms with Gasteiger partial charge in [0.15, 0.2) is 5.69 Å². The number of carbonyl (C=O) groups excluding carboxylic acids is 1. The van der Waals surface area contributed by atoms with Crippen molar-refractivity contribution >= 4 is 22.4 Å². The molecule has 30 heavy (non-hydrogen) atoms. The maximum atomic E-state index is 13.1. The number of aromatic nitrogens is 3. The average Bonchev–Trinajstić information content (AvgIpc) is 2.78. The topological polar surface area (TPSA) is 86.1 Å². The van der Waals surface area contributed by atoms with Gasteiger partial charge in [0.25, 0.3) is 11.5 Å². The second-order valence-electron chi connectivity index (χ2n) is 6.59. The maximum absolute atomic E-state index is 13.1. The molecule has 4 aromatic rings. The number of amides is 1. The van der Waals surface area contributed by atoms with Gasteiger partial charge in [-0.2, -0.15) is 5.10 Å². The molecule has 0 aliphatic rings. The lowest BCUT2D eigenvalue weighted by atomic mass is 10.1. The van der Waals surface area contributed by atoms with Crippen LogP contribution in [0.4, 0.5) is 5.69 Å². The van der Waals surface area contributed by atoms with E-state index >= 15 is 0 Å². The zero-order valence-electron chi connectivity index (χ0n) is 16.4. The number of ether oxygens (including phenoxy) is 1. The van der Waals surface area contributed by atoms with E-state index in [1.54, 1.807) is 42.6 Å². The first-order chi connectivity index (χ1) is 14.7. The molecule has 0 spiro atoms. The number of nitrogens with one attached hydrogen (secondary N) is 1. The normalized spacial score (nSPS) is 10.7. The Balaban J connectivity index is 1.77. The van der Waals surface area contributed by atoms with Gasteiger partial charge in [0.2, 0.25) is 5.88 Å². The fourth-order valence-corrected chi connectivity index (χ4v) is 3.19. The molecule has 7 heteroatoms. The van der Waals surface area contributed by atoms with Crippen LogP contribution in [-0.4, -0.2) is 27.3 Å². The van der Waals surface area contributed by atoms with E-state index < -0.39 is 5.91 Å². The Bertz CT molecular complexity index is 1250. The number of carbonyl (C=O) groups is 1. The summed E-state index contributed by atoms with van der Waals surface area (Å²) in [7, 11) is 0. The van der Waals surface area contributed by atoms with Gasteiger partial charge in [0.05, 0.1) is 18.5 Å². The molecule has 0 fully saturated rings. The third-order valence-corrected chi connectivity index (χ3v) is 4.56. The van der Waals surface area contributed by atoms with Crippen molar-refractivity contribution in [3.63, 3.8) is 0 Å². The molecule has 4 rings (SSSR count). The van der Waals surface area contributed by atoms with Gasteiger partial charge in [-0.05, 0) is 30.7 Å². The molecule has 0 unspecified atom stereocenters. The summed E-state index contributed by atoms with van der Waals surface area (Å²) in [6, 6.07) is 19.9. The van der Waals surface area contributed by atoms with E-state index in [0.717, 1.165) is 5.56 Å². The van der Waals surface area contributed by atoms with Crippen molar-refractivity contribution in [3.05, 3.63) is 94.5 Å². The SMILES string of the molecule is CCOc1ncccc1NC(=O)c1nn(Cc2ccccc2)c(=O)c2ccccc12. The summed E-state index contributed by atoms with van der Waals surface area (Å²) >= 11 is 0. The van der Waals surface area contributed by atoms with Crippen molar-refractivity contribution in [2.75, 3.05) is 11.9 Å². The smallest absolute Gasteiger partial charge is 0.276 e. The first kappa shape index (κ1) is 19.3. The van der Waals surface area contributed by atoms with Crippen molar-refractivity contribution in [2.45, 2.75) is 13.5 Å². The Morgan fingerprint density at radius 2 is 1.73 bits per heavy atom. The number of rotatable bonds is 6. The summed E-state index contributed by atoms with van der Waals surface area (Å²) in [4.78, 5) is 30.2. The molecule has 0 atom stereocenters. The molecule has 150 valence electrons. The molecule has 2 heterocycles. The van der Waals surface area contributed by atoms with Crippen molar-refractivity contribution in [3.8, 4) is 5.88 Å². The lowest BCUT2D eigenvalue weighted by Gasteiger charge is -2.13. The molecule has 1 amide bonds. The van der Waals surface area contributed by atoms with E-state index in [-0.39, 0.29) is 17.8 Å². The van der Waals surface area contributed by atoms with Gasteiger partial charge in [-0.1, -0.05) is 48.5 Å². The number of hydrogen-bond acceptors (Lipinski definition) is 5. The van der Waals surface area contributed by atoms with Crippen LogP contribution >= 0.6 is 0 Å². The van der Waals surface area contributed by atoms with Gasteiger partial charge >= 0.3 is 0 Å². The first-order valence-electron chi connectivity index (χ1n) is 9.60. The van der Waals surface area contributed by atoms with Crippen LogP contribution in [0, 0.1) is 0 Å². The summed E-state index contributed by atoms with van der Waals surface area (Å²) in [6.07, 6.45) is 1.59. The highest BCUT2D eigenvalue weighted by molar-refractivity contribution is 6.11. The van der Waals surface area contributed by atoms with Gasteiger partial charge in [-0.15, -0.1) is 0 Å². The predicted octanol–water partition coefficient (Wildman–Crippen LogP) is 3.49. The van der Waals surface area contributed by atoms with Crippen LogP contribution in [0.15, 0.2) is 77.7 Å². The largest absolute Gasteiger partial charge is 0.476 e. The van der Waals surface area contributed by atoms with Crippen molar-refractivity contribution in [1.82, 2.24) is 14.8 Å². The Hall–Kier alpha value is -4.00. The quantitative estimate of drug-likeness (QED) is 0.535. The van der Waals surface area contributed by atoms with Crippen LogP contribution in [0.3, 0.4) is 0 Å². The van der Waals surface area contributed by atoms with Crippen molar-refractivity contribution < 1.29 is 9.53 Å². The molecule has 0 saturated carbocycles. The molecule has 7 nitrogen and oxygen atoms in total. The van der Waals surface area contributed by atoms with Crippen LogP contribution in [-0.2, 0) is 6.54 Å². The molecular formula is C23H20N4O3. The number of nitrogens with zero attached hydrogens (tertiary/aromatic N) is 3. The summed E-state index contributed by atoms with van der Waals surface area (Å²) in [5, 5.41) is 8.14. The number of pyridine rings is 1. The number of fused-ring (bicyclic) bond motifs is 1. The van der Waals surface area contributed by atoms with E-state index in [4.69, 9.17) is 4.74 Å². The standard InChI is InChI=1S/C23H20N4O3/c1-2-30-22-19(13-8-14-24-22)25-21(28)20-17-11-6-7-12-18(17)23(29)27(26-20)15-16-9-4-3-5-10-16/h3-14H,2,15H2,1H3,(H,25,28). The Kier molecular flexibility index (Phi) is 5.52. The molecule has 1 N–H and O–H groups in total. The molecule has 0 saturated heterocycles. The monoisotopic (exact) mass is 400 g/mol. The van der Waals surface area contributed by atoms with E-state index in [1.807, 2.05) is 37.3 Å². The van der Waals surface area contributed by atoms with Gasteiger partial charge < -0.3 is 10.1 Å². The molecular weight excluding hydrogens is 380 g/mol. The summed E-state index contributed by atoms with van der Waals surface area (Å²) in [6.45, 7) is 2.53. The average molecular weight is 400 g/mol. The Morgan fingerprint density at radius 1 is 1.00 bits per heavy atom. The highest BCUT2D eigenvalue weighted by atomic mass is 16.5. The lowest BCUT2D eigenvalue weighted by molar-refractivity contribution is 0.102. The lowest BCUT2D eigenvalue weighted by Crippen LogP contribution is -2.28. The number of hydrogen-bond donors (Lipinski definition) is 1. The van der Waals surface area contributed by atoms with Crippen LogP contribution in [0.25, 0.3) is 10.8 Å². The van der Waals surface area contributed by atoms with Crippen LogP contribution in [0.5, 0.6) is 5.88 Å². The minimum absolute atomic E-state index is 0.160. The Labute approximate surface area is 173 Å². The van der Waals surface area contributed by atoms with E-state index in [0.29, 0.717) is 28.9 Å². The number of anilines is 1. The van der Waals surface area contributed by atoms with Crippen LogP contribution in [0.1, 0.15) is 23.0 Å². The van der Waals surface area contributed by atoms with E-state index in [9.17, 15) is 9.59 Å². The van der Waals surface area contributed by atoms with E-state index in [2.05, 4.69) is 15.4 Å². The van der Waals surface area contributed by atoms with E-state index in [1.165, 1.54) is 4.68 Å². The fraction of sp³-hybridized carbons (Fsp3) is 0.130. The second-order valence-corrected chi connectivity index (χ2v) is 6.59. The zero-order chi connectivity index (χ0) is 20.9.